The number of nitrogens with one attached hydrogen (secondary N) is 1. The third-order valence-corrected chi connectivity index (χ3v) is 2.63. The molecule has 0 amide bonds. The van der Waals surface area contributed by atoms with Crippen LogP contribution in [0.5, 0.6) is 0 Å². The highest BCUT2D eigenvalue weighted by Gasteiger charge is 2.06. The molecule has 0 aliphatic heterocycles. The van der Waals surface area contributed by atoms with Crippen molar-refractivity contribution in [2.24, 2.45) is 0 Å². The van der Waals surface area contributed by atoms with E-state index in [1.807, 2.05) is 26.1 Å². The maximum absolute atomic E-state index is 4.45. The summed E-state index contributed by atoms with van der Waals surface area (Å²) in [5.74, 6) is 2.42. The van der Waals surface area contributed by atoms with Gasteiger partial charge in [-0.2, -0.15) is 5.10 Å². The van der Waals surface area contributed by atoms with E-state index in [0.717, 1.165) is 34.9 Å². The molecule has 1 N–H and O–H groups in total. The number of hydrogen-bond donors (Lipinski definition) is 1. The van der Waals surface area contributed by atoms with Crippen molar-refractivity contribution < 1.29 is 0 Å². The zero-order valence-electron chi connectivity index (χ0n) is 9.81. The maximum Gasteiger partial charge on any atom is 0.159 e. The van der Waals surface area contributed by atoms with Gasteiger partial charge >= 0.3 is 0 Å². The Morgan fingerprint density at radius 2 is 2.18 bits per heavy atom. The standard InChI is InChI=1S/C11H14BrN5/c1-3-9-15-10(13-4-2)5-11(16-9)17-7-8(12)6-14-17/h5-7H,3-4H2,1-2H3,(H,13,15,16). The summed E-state index contributed by atoms with van der Waals surface area (Å²) >= 11 is 3.37. The molecule has 0 saturated heterocycles. The minimum absolute atomic E-state index is 0.776. The van der Waals surface area contributed by atoms with E-state index in [2.05, 4.69) is 36.3 Å². The van der Waals surface area contributed by atoms with E-state index >= 15 is 0 Å². The van der Waals surface area contributed by atoms with Gasteiger partial charge in [-0.1, -0.05) is 6.92 Å². The monoisotopic (exact) mass is 295 g/mol. The van der Waals surface area contributed by atoms with Crippen LogP contribution in [0, 0.1) is 0 Å². The topological polar surface area (TPSA) is 55.6 Å². The van der Waals surface area contributed by atoms with Crippen molar-refractivity contribution in [3.05, 3.63) is 28.8 Å². The third-order valence-electron chi connectivity index (χ3n) is 2.22. The van der Waals surface area contributed by atoms with Crippen molar-refractivity contribution in [1.29, 1.82) is 0 Å². The van der Waals surface area contributed by atoms with Crippen molar-refractivity contribution in [3.63, 3.8) is 0 Å². The lowest BCUT2D eigenvalue weighted by molar-refractivity contribution is 0.813. The van der Waals surface area contributed by atoms with Gasteiger partial charge in [0.1, 0.15) is 11.6 Å². The number of aryl methyl sites for hydroxylation is 1. The molecule has 2 aromatic rings. The molecule has 0 atom stereocenters. The molecule has 6 heteroatoms. The smallest absolute Gasteiger partial charge is 0.159 e. The van der Waals surface area contributed by atoms with Crippen molar-refractivity contribution in [2.45, 2.75) is 20.3 Å². The highest BCUT2D eigenvalue weighted by molar-refractivity contribution is 9.10. The number of aromatic nitrogens is 4. The molecule has 0 radical (unpaired) electrons. The molecule has 2 aromatic heterocycles. The summed E-state index contributed by atoms with van der Waals surface area (Å²) in [5.41, 5.74) is 0. The van der Waals surface area contributed by atoms with Crippen LogP contribution < -0.4 is 5.32 Å². The SMILES string of the molecule is CCNc1cc(-n2cc(Br)cn2)nc(CC)n1. The van der Waals surface area contributed by atoms with Gasteiger partial charge in [0.05, 0.1) is 10.7 Å². The number of rotatable bonds is 4. The number of anilines is 1. The van der Waals surface area contributed by atoms with Gasteiger partial charge in [0, 0.05) is 25.2 Å². The van der Waals surface area contributed by atoms with Crippen LogP contribution in [0.4, 0.5) is 5.82 Å². The minimum Gasteiger partial charge on any atom is -0.370 e. The fourth-order valence-electron chi connectivity index (χ4n) is 1.46. The lowest BCUT2D eigenvalue weighted by atomic mass is 10.4. The second-order valence-electron chi connectivity index (χ2n) is 3.51. The Hall–Kier alpha value is -1.43. The van der Waals surface area contributed by atoms with Crippen LogP contribution in [0.15, 0.2) is 22.9 Å². The molecular formula is C11H14BrN5. The highest BCUT2D eigenvalue weighted by atomic mass is 79.9. The van der Waals surface area contributed by atoms with Gasteiger partial charge in [-0.15, -0.1) is 0 Å². The van der Waals surface area contributed by atoms with Crippen LogP contribution in [0.25, 0.3) is 5.82 Å². The molecule has 0 aliphatic rings. The zero-order chi connectivity index (χ0) is 12.3. The van der Waals surface area contributed by atoms with Crippen molar-refractivity contribution in [2.75, 3.05) is 11.9 Å². The van der Waals surface area contributed by atoms with Crippen LogP contribution in [0.2, 0.25) is 0 Å². The Kier molecular flexibility index (Phi) is 3.73. The minimum atomic E-state index is 0.776. The second kappa shape index (κ2) is 5.27. The molecule has 0 fully saturated rings. The fourth-order valence-corrected chi connectivity index (χ4v) is 1.74. The summed E-state index contributed by atoms with van der Waals surface area (Å²) in [6.45, 7) is 4.91. The predicted octanol–water partition coefficient (Wildman–Crippen LogP) is 2.42. The van der Waals surface area contributed by atoms with Crippen molar-refractivity contribution >= 4 is 21.7 Å². The Morgan fingerprint density at radius 1 is 1.35 bits per heavy atom. The maximum atomic E-state index is 4.45. The number of halogens is 1. The first kappa shape index (κ1) is 12.0. The van der Waals surface area contributed by atoms with E-state index in [-0.39, 0.29) is 0 Å². The molecule has 0 aliphatic carbocycles. The first-order chi connectivity index (χ1) is 8.22. The van der Waals surface area contributed by atoms with Crippen molar-refractivity contribution in [3.8, 4) is 5.82 Å². The number of nitrogens with zero attached hydrogens (tertiary/aromatic N) is 4. The summed E-state index contributed by atoms with van der Waals surface area (Å²) in [6, 6.07) is 1.89. The van der Waals surface area contributed by atoms with Gasteiger partial charge in [0.15, 0.2) is 5.82 Å². The Bertz CT molecular complexity index is 508. The molecule has 90 valence electrons. The molecule has 0 aromatic carbocycles. The van der Waals surface area contributed by atoms with Gasteiger partial charge in [-0.3, -0.25) is 0 Å². The quantitative estimate of drug-likeness (QED) is 0.941. The third kappa shape index (κ3) is 2.82. The van der Waals surface area contributed by atoms with Gasteiger partial charge < -0.3 is 5.32 Å². The summed E-state index contributed by atoms with van der Waals surface area (Å²) in [6.07, 6.45) is 4.41. The molecule has 17 heavy (non-hydrogen) atoms. The second-order valence-corrected chi connectivity index (χ2v) is 4.43. The average molecular weight is 296 g/mol. The first-order valence-electron chi connectivity index (χ1n) is 5.55. The van der Waals surface area contributed by atoms with Gasteiger partial charge in [-0.25, -0.2) is 14.6 Å². The van der Waals surface area contributed by atoms with Crippen LogP contribution >= 0.6 is 15.9 Å². The molecule has 2 heterocycles. The van der Waals surface area contributed by atoms with E-state index < -0.39 is 0 Å². The fraction of sp³-hybridized carbons (Fsp3) is 0.364. The van der Waals surface area contributed by atoms with Gasteiger partial charge in [0.2, 0.25) is 0 Å². The van der Waals surface area contributed by atoms with Crippen LogP contribution in [0.1, 0.15) is 19.7 Å². The van der Waals surface area contributed by atoms with Gasteiger partial charge in [0.25, 0.3) is 0 Å². The molecule has 0 spiro atoms. The average Bonchev–Trinajstić information content (AvgIpc) is 2.76. The van der Waals surface area contributed by atoms with E-state index in [1.165, 1.54) is 0 Å². The van der Waals surface area contributed by atoms with Crippen LogP contribution in [-0.2, 0) is 6.42 Å². The highest BCUT2D eigenvalue weighted by Crippen LogP contribution is 2.14. The lowest BCUT2D eigenvalue weighted by Crippen LogP contribution is -2.07. The van der Waals surface area contributed by atoms with Crippen LogP contribution in [-0.4, -0.2) is 26.3 Å². The summed E-state index contributed by atoms with van der Waals surface area (Å²) < 4.78 is 2.66. The summed E-state index contributed by atoms with van der Waals surface area (Å²) in [4.78, 5) is 8.85. The molecule has 0 saturated carbocycles. The normalized spacial score (nSPS) is 10.5. The Balaban J connectivity index is 2.42. The lowest BCUT2D eigenvalue weighted by Gasteiger charge is -2.07. The molecule has 0 unspecified atom stereocenters. The largest absolute Gasteiger partial charge is 0.370 e. The van der Waals surface area contributed by atoms with E-state index in [4.69, 9.17) is 0 Å². The van der Waals surface area contributed by atoms with Crippen molar-refractivity contribution in [1.82, 2.24) is 19.7 Å². The van der Waals surface area contributed by atoms with E-state index in [0.29, 0.717) is 0 Å². The molecular weight excluding hydrogens is 282 g/mol. The van der Waals surface area contributed by atoms with E-state index in [1.54, 1.807) is 10.9 Å². The molecule has 2 rings (SSSR count). The van der Waals surface area contributed by atoms with Crippen LogP contribution in [0.3, 0.4) is 0 Å². The summed E-state index contributed by atoms with van der Waals surface area (Å²) in [7, 11) is 0. The van der Waals surface area contributed by atoms with E-state index in [9.17, 15) is 0 Å². The van der Waals surface area contributed by atoms with Gasteiger partial charge in [-0.05, 0) is 22.9 Å². The predicted molar refractivity (Wildman–Crippen MR) is 70.4 cm³/mol. The molecule has 5 nitrogen and oxygen atoms in total. The summed E-state index contributed by atoms with van der Waals surface area (Å²) in [5, 5.41) is 7.41. The Morgan fingerprint density at radius 3 is 2.76 bits per heavy atom. The zero-order valence-corrected chi connectivity index (χ0v) is 11.4. The number of hydrogen-bond acceptors (Lipinski definition) is 4. The first-order valence-corrected chi connectivity index (χ1v) is 6.34. The Labute approximate surface area is 108 Å². The molecule has 0 bridgehead atoms.